The average Bonchev–Trinajstić information content (AvgIpc) is 2.81. The van der Waals surface area contributed by atoms with Crippen LogP contribution in [0.15, 0.2) is 78.9 Å². The summed E-state index contributed by atoms with van der Waals surface area (Å²) in [6, 6.07) is 24.9. The van der Waals surface area contributed by atoms with Gasteiger partial charge in [0.15, 0.2) is 0 Å². The molecule has 3 rings (SSSR count). The second-order valence-electron chi connectivity index (χ2n) is 6.92. The van der Waals surface area contributed by atoms with Crippen molar-refractivity contribution in [2.45, 2.75) is 26.3 Å². The third-order valence-electron chi connectivity index (χ3n) is 4.69. The minimum absolute atomic E-state index is 0.296. The molecule has 164 valence electrons. The zero-order valence-corrected chi connectivity index (χ0v) is 18.1. The van der Waals surface area contributed by atoms with E-state index in [1.165, 1.54) is 6.92 Å². The summed E-state index contributed by atoms with van der Waals surface area (Å²) < 4.78 is 0. The number of carbonyl (C=O) groups excluding carboxylic acids is 2. The Labute approximate surface area is 188 Å². The van der Waals surface area contributed by atoms with Gasteiger partial charge in [-0.15, -0.1) is 0 Å². The van der Waals surface area contributed by atoms with Crippen LogP contribution >= 0.6 is 0 Å². The number of hydrogen-bond acceptors (Lipinski definition) is 5. The molecule has 7 nitrogen and oxygen atoms in total. The molecule has 0 fully saturated rings. The summed E-state index contributed by atoms with van der Waals surface area (Å²) in [6.45, 7) is 3.29. The van der Waals surface area contributed by atoms with Gasteiger partial charge in [0.1, 0.15) is 6.04 Å². The molecule has 0 aliphatic heterocycles. The van der Waals surface area contributed by atoms with Gasteiger partial charge in [-0.25, -0.2) is 0 Å². The lowest BCUT2D eigenvalue weighted by atomic mass is 10.0. The van der Waals surface area contributed by atoms with E-state index in [2.05, 4.69) is 16.1 Å². The van der Waals surface area contributed by atoms with Crippen molar-refractivity contribution in [1.82, 2.24) is 5.32 Å². The molecule has 0 aliphatic rings. The molecule has 32 heavy (non-hydrogen) atoms. The number of nitrogens with zero attached hydrogens (tertiary/aromatic N) is 1. The Morgan fingerprint density at radius 1 is 0.938 bits per heavy atom. The van der Waals surface area contributed by atoms with Gasteiger partial charge in [0.2, 0.25) is 5.91 Å². The molecule has 0 bridgehead atoms. The molecule has 3 aromatic rings. The van der Waals surface area contributed by atoms with Crippen LogP contribution in [0.1, 0.15) is 28.4 Å². The van der Waals surface area contributed by atoms with Crippen LogP contribution in [0.5, 0.6) is 0 Å². The molecule has 3 aromatic carbocycles. The van der Waals surface area contributed by atoms with Gasteiger partial charge in [0.25, 0.3) is 5.91 Å². The van der Waals surface area contributed by atoms with Crippen molar-refractivity contribution in [3.05, 3.63) is 95.6 Å². The van der Waals surface area contributed by atoms with E-state index in [9.17, 15) is 9.59 Å². The fourth-order valence-corrected chi connectivity index (χ4v) is 3.04. The average molecular weight is 430 g/mol. The predicted molar refractivity (Wildman–Crippen MR) is 127 cm³/mol. The van der Waals surface area contributed by atoms with Crippen LogP contribution in [0.3, 0.4) is 0 Å². The number of rotatable bonds is 7. The summed E-state index contributed by atoms with van der Waals surface area (Å²) in [4.78, 5) is 25.7. The molecule has 1 atom stereocenters. The van der Waals surface area contributed by atoms with Gasteiger partial charge in [0, 0.05) is 24.6 Å². The Hall–Kier alpha value is -4.15. The van der Waals surface area contributed by atoms with Gasteiger partial charge in [-0.3, -0.25) is 15.4 Å². The Bertz CT molecular complexity index is 1060. The maximum absolute atomic E-state index is 13.1. The molecule has 0 aliphatic carbocycles. The number of hydrogen-bond donors (Lipinski definition) is 4. The maximum Gasteiger partial charge on any atom is 0.251 e. The van der Waals surface area contributed by atoms with E-state index in [-0.39, 0.29) is 11.8 Å². The molecule has 0 heterocycles. The fraction of sp³-hybridized carbons (Fsp3) is 0.160. The maximum atomic E-state index is 13.1. The molecule has 0 saturated heterocycles. The van der Waals surface area contributed by atoms with Crippen molar-refractivity contribution < 1.29 is 9.59 Å². The van der Waals surface area contributed by atoms with Gasteiger partial charge in [-0.2, -0.15) is 5.26 Å². The predicted octanol–water partition coefficient (Wildman–Crippen LogP) is 3.79. The first-order chi connectivity index (χ1) is 15.5. The first-order valence-corrected chi connectivity index (χ1v) is 10.1. The zero-order valence-electron chi connectivity index (χ0n) is 18.1. The molecular weight excluding hydrogens is 402 g/mol. The highest BCUT2D eigenvalue weighted by Crippen LogP contribution is 2.22. The van der Waals surface area contributed by atoms with Gasteiger partial charge in [-0.1, -0.05) is 54.6 Å². The van der Waals surface area contributed by atoms with E-state index in [0.717, 1.165) is 16.8 Å². The third kappa shape index (κ3) is 6.97. The first kappa shape index (κ1) is 24.1. The van der Waals surface area contributed by atoms with E-state index in [4.69, 9.17) is 11.1 Å². The summed E-state index contributed by atoms with van der Waals surface area (Å²) in [6.07, 6.45) is 0.374. The molecule has 7 heteroatoms. The molecule has 0 saturated carbocycles. The van der Waals surface area contributed by atoms with Crippen LogP contribution in [0, 0.1) is 18.3 Å². The van der Waals surface area contributed by atoms with E-state index in [1.54, 1.807) is 42.5 Å². The smallest absolute Gasteiger partial charge is 0.251 e. The molecule has 5 N–H and O–H groups in total. The highest BCUT2D eigenvalue weighted by Gasteiger charge is 2.22. The van der Waals surface area contributed by atoms with Crippen molar-refractivity contribution in [1.29, 1.82) is 5.26 Å². The summed E-state index contributed by atoms with van der Waals surface area (Å²) in [7, 11) is 0. The van der Waals surface area contributed by atoms with Crippen molar-refractivity contribution in [2.75, 3.05) is 10.7 Å². The van der Waals surface area contributed by atoms with Crippen molar-refractivity contribution >= 4 is 23.2 Å². The van der Waals surface area contributed by atoms with Gasteiger partial charge < -0.3 is 16.1 Å². The summed E-state index contributed by atoms with van der Waals surface area (Å²) in [5, 5.41) is 13.1. The molecule has 0 aromatic heterocycles. The number of nitrogen functional groups attached to an aromatic ring is 1. The van der Waals surface area contributed by atoms with Crippen LogP contribution in [0.2, 0.25) is 0 Å². The minimum atomic E-state index is -0.737. The number of anilines is 2. The van der Waals surface area contributed by atoms with Crippen molar-refractivity contribution in [2.24, 2.45) is 5.84 Å². The number of nitrogens with two attached hydrogens (primary N) is 1. The Kier molecular flexibility index (Phi) is 9.44. The number of hydrazine groups is 1. The lowest BCUT2D eigenvalue weighted by molar-refractivity contribution is -0.118. The fourth-order valence-electron chi connectivity index (χ4n) is 3.04. The number of benzene rings is 3. The van der Waals surface area contributed by atoms with Crippen molar-refractivity contribution in [3.63, 3.8) is 0 Å². The van der Waals surface area contributed by atoms with E-state index < -0.39 is 6.04 Å². The molecule has 0 radical (unpaired) electrons. The number of amides is 2. The van der Waals surface area contributed by atoms with Crippen LogP contribution in [-0.4, -0.2) is 17.9 Å². The quantitative estimate of drug-likeness (QED) is 0.336. The highest BCUT2D eigenvalue weighted by molar-refractivity contribution is 6.01. The van der Waals surface area contributed by atoms with Crippen LogP contribution < -0.4 is 21.9 Å². The number of nitriles is 1. The van der Waals surface area contributed by atoms with Crippen LogP contribution in [0.4, 0.5) is 11.4 Å². The number of nitrogens with one attached hydrogen (secondary N) is 3. The monoisotopic (exact) mass is 429 g/mol. The van der Waals surface area contributed by atoms with E-state index in [0.29, 0.717) is 17.7 Å². The lowest BCUT2D eigenvalue weighted by Crippen LogP contribution is -2.45. The first-order valence-electron chi connectivity index (χ1n) is 10.1. The summed E-state index contributed by atoms with van der Waals surface area (Å²) in [5.74, 6) is 4.93. The zero-order chi connectivity index (χ0) is 23.3. The summed E-state index contributed by atoms with van der Waals surface area (Å²) in [5.41, 5.74) is 6.24. The normalized spacial score (nSPS) is 10.6. The highest BCUT2D eigenvalue weighted by atomic mass is 16.2. The topological polar surface area (TPSA) is 120 Å². The second-order valence-corrected chi connectivity index (χ2v) is 6.92. The van der Waals surface area contributed by atoms with Crippen LogP contribution in [-0.2, 0) is 11.2 Å². The largest absolute Gasteiger partial charge is 0.340 e. The minimum Gasteiger partial charge on any atom is -0.340 e. The van der Waals surface area contributed by atoms with Gasteiger partial charge in [-0.05, 0) is 42.3 Å². The van der Waals surface area contributed by atoms with E-state index >= 15 is 0 Å². The Balaban J connectivity index is 0.00000114. The van der Waals surface area contributed by atoms with E-state index in [1.807, 2.05) is 49.4 Å². The number of carbonyl (C=O) groups is 2. The van der Waals surface area contributed by atoms with Gasteiger partial charge in [0.05, 0.1) is 11.8 Å². The molecule has 0 spiro atoms. The molecular formula is C25H27N5O2. The third-order valence-corrected chi connectivity index (χ3v) is 4.69. The Morgan fingerprint density at radius 3 is 2.09 bits per heavy atom. The van der Waals surface area contributed by atoms with Crippen molar-refractivity contribution in [3.8, 4) is 6.07 Å². The summed E-state index contributed by atoms with van der Waals surface area (Å²) >= 11 is 0. The molecule has 1 unspecified atom stereocenters. The van der Waals surface area contributed by atoms with Gasteiger partial charge >= 0.3 is 0 Å². The SMILES string of the molecule is CC#N.Cc1c(NN)cccc1NC(=O)C(Cc1ccccc1)NC(=O)c1ccccc1. The lowest BCUT2D eigenvalue weighted by Gasteiger charge is -2.20. The Morgan fingerprint density at radius 2 is 1.50 bits per heavy atom. The van der Waals surface area contributed by atoms with Crippen LogP contribution in [0.25, 0.3) is 0 Å². The standard InChI is InChI=1S/C23H24N4O2.C2H3N/c1-16-19(13-8-14-20(16)27-24)25-23(29)21(15-17-9-4-2-5-10-17)26-22(28)18-11-6-3-7-12-18;1-2-3/h2-14,21,27H,15,24H2,1H3,(H,25,29)(H,26,28);1H3. The second kappa shape index (κ2) is 12.5. The molecule has 2 amide bonds.